The molecule has 2 aromatic rings. The van der Waals surface area contributed by atoms with Crippen molar-refractivity contribution in [3.8, 4) is 0 Å². The first kappa shape index (κ1) is 14.0. The minimum Gasteiger partial charge on any atom is -0.360 e. The van der Waals surface area contributed by atoms with Crippen molar-refractivity contribution in [1.29, 1.82) is 0 Å². The van der Waals surface area contributed by atoms with Gasteiger partial charge in [-0.2, -0.15) is 4.31 Å². The van der Waals surface area contributed by atoms with Gasteiger partial charge in [-0.15, -0.1) is 0 Å². The molecule has 0 bridgehead atoms. The summed E-state index contributed by atoms with van der Waals surface area (Å²) in [4.78, 5) is 15.7. The molecule has 6 nitrogen and oxygen atoms in total. The summed E-state index contributed by atoms with van der Waals surface area (Å²) in [6.45, 7) is 2.00. The van der Waals surface area contributed by atoms with E-state index in [4.69, 9.17) is 0 Å². The molecule has 0 radical (unpaired) electrons. The third-order valence-electron chi connectivity index (χ3n) is 3.61. The van der Waals surface area contributed by atoms with E-state index in [1.54, 1.807) is 13.0 Å². The second-order valence-electron chi connectivity index (χ2n) is 4.82. The predicted octanol–water partition coefficient (Wildman–Crippen LogP) is 1.12. The van der Waals surface area contributed by atoms with Crippen molar-refractivity contribution >= 4 is 26.8 Å². The van der Waals surface area contributed by atoms with Gasteiger partial charge < -0.3 is 9.88 Å². The van der Waals surface area contributed by atoms with Gasteiger partial charge in [-0.05, 0) is 19.1 Å². The Kier molecular flexibility index (Phi) is 3.22. The van der Waals surface area contributed by atoms with Crippen LogP contribution in [-0.2, 0) is 14.8 Å². The van der Waals surface area contributed by atoms with Crippen LogP contribution in [0.25, 0.3) is 10.9 Å². The highest BCUT2D eigenvalue weighted by Gasteiger charge is 2.37. The van der Waals surface area contributed by atoms with E-state index in [0.29, 0.717) is 12.1 Å². The third-order valence-corrected chi connectivity index (χ3v) is 5.41. The first-order chi connectivity index (χ1) is 9.95. The number of sulfonamides is 1. The Morgan fingerprint density at radius 1 is 1.38 bits per heavy atom. The van der Waals surface area contributed by atoms with E-state index in [1.165, 1.54) is 23.2 Å². The molecule has 3 rings (SSSR count). The molecule has 1 saturated heterocycles. The molecule has 0 atom stereocenters. The molecule has 8 heteroatoms. The molecule has 1 aromatic carbocycles. The van der Waals surface area contributed by atoms with Crippen molar-refractivity contribution in [2.75, 3.05) is 19.8 Å². The van der Waals surface area contributed by atoms with Crippen molar-refractivity contribution in [3.05, 3.63) is 30.2 Å². The maximum Gasteiger partial charge on any atom is 0.247 e. The average molecular weight is 311 g/mol. The van der Waals surface area contributed by atoms with Crippen molar-refractivity contribution < 1.29 is 17.6 Å². The summed E-state index contributed by atoms with van der Waals surface area (Å²) >= 11 is 0. The van der Waals surface area contributed by atoms with Gasteiger partial charge in [0.1, 0.15) is 10.7 Å². The number of amides is 1. The first-order valence-corrected chi connectivity index (χ1v) is 7.92. The van der Waals surface area contributed by atoms with Crippen LogP contribution in [0.1, 0.15) is 6.92 Å². The first-order valence-electron chi connectivity index (χ1n) is 6.48. The van der Waals surface area contributed by atoms with Gasteiger partial charge in [0.15, 0.2) is 0 Å². The van der Waals surface area contributed by atoms with Crippen LogP contribution in [0.15, 0.2) is 29.3 Å². The highest BCUT2D eigenvalue weighted by molar-refractivity contribution is 7.89. The zero-order valence-electron chi connectivity index (χ0n) is 11.3. The van der Waals surface area contributed by atoms with Crippen molar-refractivity contribution in [2.24, 2.45) is 0 Å². The number of rotatable bonds is 3. The molecule has 21 heavy (non-hydrogen) atoms. The summed E-state index contributed by atoms with van der Waals surface area (Å²) in [5, 5.41) is 0.0277. The lowest BCUT2D eigenvalue weighted by Gasteiger charge is -2.16. The van der Waals surface area contributed by atoms with E-state index < -0.39 is 15.8 Å². The second-order valence-corrected chi connectivity index (χ2v) is 6.73. The minimum atomic E-state index is -3.92. The predicted molar refractivity (Wildman–Crippen MR) is 74.4 cm³/mol. The van der Waals surface area contributed by atoms with Crippen LogP contribution in [-0.4, -0.2) is 48.3 Å². The van der Waals surface area contributed by atoms with Gasteiger partial charge in [0, 0.05) is 18.3 Å². The van der Waals surface area contributed by atoms with E-state index in [1.807, 2.05) is 0 Å². The van der Waals surface area contributed by atoms with Gasteiger partial charge in [-0.25, -0.2) is 12.8 Å². The Morgan fingerprint density at radius 2 is 2.14 bits per heavy atom. The summed E-state index contributed by atoms with van der Waals surface area (Å²) in [6, 6.07) is 4.32. The standard InChI is InChI=1S/C13H14FN3O3S/c1-2-16-8-17(7-12(16)18)21(19,20)11-6-15-10-5-3-4-9(14)13(10)11/h3-6,15H,2,7-8H2,1H3. The monoisotopic (exact) mass is 311 g/mol. The van der Waals surface area contributed by atoms with Crippen LogP contribution in [0.3, 0.4) is 0 Å². The van der Waals surface area contributed by atoms with E-state index in [0.717, 1.165) is 4.31 Å². The van der Waals surface area contributed by atoms with Crippen molar-refractivity contribution in [2.45, 2.75) is 11.8 Å². The molecule has 1 aromatic heterocycles. The minimum absolute atomic E-state index is 0.00120. The number of aromatic amines is 1. The van der Waals surface area contributed by atoms with E-state index in [9.17, 15) is 17.6 Å². The highest BCUT2D eigenvalue weighted by atomic mass is 32.2. The molecule has 1 fully saturated rings. The van der Waals surface area contributed by atoms with Gasteiger partial charge in [0.2, 0.25) is 15.9 Å². The smallest absolute Gasteiger partial charge is 0.247 e. The summed E-state index contributed by atoms with van der Waals surface area (Å²) in [5.74, 6) is -0.855. The maximum atomic E-state index is 13.9. The molecule has 0 unspecified atom stereocenters. The van der Waals surface area contributed by atoms with E-state index in [-0.39, 0.29) is 29.4 Å². The number of hydrogen-bond acceptors (Lipinski definition) is 3. The van der Waals surface area contributed by atoms with Crippen LogP contribution in [0.5, 0.6) is 0 Å². The SMILES string of the molecule is CCN1CN(S(=O)(=O)c2c[nH]c3cccc(F)c23)CC1=O. The second kappa shape index (κ2) is 4.81. The number of aromatic nitrogens is 1. The fourth-order valence-electron chi connectivity index (χ4n) is 2.46. The molecular weight excluding hydrogens is 297 g/mol. The Morgan fingerprint density at radius 3 is 2.81 bits per heavy atom. The number of likely N-dealkylation sites (N-methyl/N-ethyl adjacent to an activating group) is 1. The molecule has 112 valence electrons. The zero-order chi connectivity index (χ0) is 15.2. The number of fused-ring (bicyclic) bond motifs is 1. The van der Waals surface area contributed by atoms with Crippen LogP contribution < -0.4 is 0 Å². The van der Waals surface area contributed by atoms with Gasteiger partial charge in [0.05, 0.1) is 18.6 Å². The van der Waals surface area contributed by atoms with Gasteiger partial charge in [-0.3, -0.25) is 4.79 Å². The Hall–Kier alpha value is -1.93. The van der Waals surface area contributed by atoms with Crippen LogP contribution in [0.2, 0.25) is 0 Å². The Labute approximate surface area is 121 Å². The lowest BCUT2D eigenvalue weighted by atomic mass is 10.2. The molecule has 2 heterocycles. The fraction of sp³-hybridized carbons (Fsp3) is 0.308. The van der Waals surface area contributed by atoms with Gasteiger partial charge in [0.25, 0.3) is 0 Å². The number of benzene rings is 1. The lowest BCUT2D eigenvalue weighted by Crippen LogP contribution is -2.31. The fourth-order valence-corrected chi connectivity index (χ4v) is 3.98. The average Bonchev–Trinajstić information content (AvgIpc) is 3.03. The number of halogens is 1. The van der Waals surface area contributed by atoms with Gasteiger partial charge in [-0.1, -0.05) is 6.07 Å². The number of H-pyrrole nitrogens is 1. The summed E-state index contributed by atoms with van der Waals surface area (Å²) in [6.07, 6.45) is 1.27. The van der Waals surface area contributed by atoms with Gasteiger partial charge >= 0.3 is 0 Å². The molecule has 1 N–H and O–H groups in total. The Bertz CT molecular complexity index is 815. The molecule has 0 aliphatic carbocycles. The highest BCUT2D eigenvalue weighted by Crippen LogP contribution is 2.29. The quantitative estimate of drug-likeness (QED) is 0.923. The summed E-state index contributed by atoms with van der Waals surface area (Å²) < 4.78 is 40.3. The topological polar surface area (TPSA) is 73.5 Å². The molecule has 0 saturated carbocycles. The van der Waals surface area contributed by atoms with E-state index >= 15 is 0 Å². The summed E-state index contributed by atoms with van der Waals surface area (Å²) in [7, 11) is -3.92. The summed E-state index contributed by atoms with van der Waals surface area (Å²) in [5.41, 5.74) is 0.409. The number of nitrogens with zero attached hydrogens (tertiary/aromatic N) is 2. The van der Waals surface area contributed by atoms with Crippen LogP contribution in [0, 0.1) is 5.82 Å². The molecule has 1 amide bonds. The number of hydrogen-bond donors (Lipinski definition) is 1. The van der Waals surface area contributed by atoms with Crippen LogP contribution in [0.4, 0.5) is 4.39 Å². The maximum absolute atomic E-state index is 13.9. The number of nitrogens with one attached hydrogen (secondary N) is 1. The number of carbonyl (C=O) groups is 1. The zero-order valence-corrected chi connectivity index (χ0v) is 12.2. The normalized spacial score (nSPS) is 17.0. The van der Waals surface area contributed by atoms with Crippen molar-refractivity contribution in [3.63, 3.8) is 0 Å². The third kappa shape index (κ3) is 2.11. The lowest BCUT2D eigenvalue weighted by molar-refractivity contribution is -0.126. The number of carbonyl (C=O) groups excluding carboxylic acids is 1. The molecular formula is C13H14FN3O3S. The Balaban J connectivity index is 2.08. The molecule has 0 spiro atoms. The molecule has 1 aliphatic rings. The van der Waals surface area contributed by atoms with Crippen molar-refractivity contribution in [1.82, 2.24) is 14.2 Å². The van der Waals surface area contributed by atoms with Crippen LogP contribution >= 0.6 is 0 Å². The molecule has 1 aliphatic heterocycles. The largest absolute Gasteiger partial charge is 0.360 e. The van der Waals surface area contributed by atoms with E-state index in [2.05, 4.69) is 4.98 Å².